The van der Waals surface area contributed by atoms with Gasteiger partial charge in [0.1, 0.15) is 11.5 Å². The van der Waals surface area contributed by atoms with Crippen LogP contribution in [0.3, 0.4) is 0 Å². The molecule has 11 heteroatoms. The van der Waals surface area contributed by atoms with E-state index in [0.29, 0.717) is 53.4 Å². The number of hydrogen-bond donors (Lipinski definition) is 3. The summed E-state index contributed by atoms with van der Waals surface area (Å²) in [5, 5.41) is 32.1. The fraction of sp³-hybridized carbons (Fsp3) is 0.294. The minimum absolute atomic E-state index is 0.0125. The number of methoxy groups -OCH3 is 2. The Bertz CT molecular complexity index is 1680. The van der Waals surface area contributed by atoms with E-state index in [1.165, 1.54) is 0 Å². The molecule has 3 aromatic carbocycles. The highest BCUT2D eigenvalue weighted by Crippen LogP contribution is 2.47. The van der Waals surface area contributed by atoms with E-state index >= 15 is 0 Å². The standard InChI is InChI=1S/C34H37N5O6/c1-23(7-4-5-17-38-22-27(16-18-40)36-37-38)34(43)30-20-29(45-3)14-15-31(30)39(33(34)42)21-24-8-6-9-26(19-24)35-32(41)25-10-12-28(44-2)13-11-25/h4,6-15,19-20,22-23,40,43H,5,16-18,21H2,1-3H3,(H,35,41)/b7-4+/t23-,34+/m0/s1. The van der Waals surface area contributed by atoms with Gasteiger partial charge in [-0.05, 0) is 66.6 Å². The van der Waals surface area contributed by atoms with E-state index in [2.05, 4.69) is 15.6 Å². The molecule has 1 aliphatic heterocycles. The summed E-state index contributed by atoms with van der Waals surface area (Å²) in [4.78, 5) is 28.4. The molecule has 0 unspecified atom stereocenters. The number of ether oxygens (including phenoxy) is 2. The van der Waals surface area contributed by atoms with Crippen molar-refractivity contribution in [2.45, 2.75) is 38.5 Å². The molecular formula is C34H37N5O6. The fourth-order valence-electron chi connectivity index (χ4n) is 5.41. The molecule has 5 rings (SSSR count). The lowest BCUT2D eigenvalue weighted by molar-refractivity contribution is -0.139. The minimum Gasteiger partial charge on any atom is -0.497 e. The number of aromatic nitrogens is 3. The summed E-state index contributed by atoms with van der Waals surface area (Å²) in [5.74, 6) is -0.0798. The highest BCUT2D eigenvalue weighted by atomic mass is 16.5. The zero-order valence-corrected chi connectivity index (χ0v) is 25.5. The Hall–Kier alpha value is -5.00. The lowest BCUT2D eigenvalue weighted by Crippen LogP contribution is -2.44. The molecule has 1 aliphatic rings. The number of nitrogens with one attached hydrogen (secondary N) is 1. The molecule has 0 bridgehead atoms. The number of carbonyl (C=O) groups is 2. The van der Waals surface area contributed by atoms with Crippen LogP contribution in [0.2, 0.25) is 0 Å². The first kappa shape index (κ1) is 31.4. The van der Waals surface area contributed by atoms with Crippen LogP contribution in [0.4, 0.5) is 11.4 Å². The van der Waals surface area contributed by atoms with E-state index in [0.717, 1.165) is 11.3 Å². The summed E-state index contributed by atoms with van der Waals surface area (Å²) >= 11 is 0. The third kappa shape index (κ3) is 6.74. The van der Waals surface area contributed by atoms with Crippen LogP contribution in [0, 0.1) is 5.92 Å². The van der Waals surface area contributed by atoms with Crippen molar-refractivity contribution in [2.75, 3.05) is 31.0 Å². The molecule has 2 amide bonds. The van der Waals surface area contributed by atoms with E-state index < -0.39 is 17.4 Å². The van der Waals surface area contributed by atoms with Gasteiger partial charge in [-0.1, -0.05) is 36.4 Å². The topological polar surface area (TPSA) is 139 Å². The van der Waals surface area contributed by atoms with Gasteiger partial charge in [0.2, 0.25) is 0 Å². The average Bonchev–Trinajstić information content (AvgIpc) is 3.59. The Morgan fingerprint density at radius 3 is 2.56 bits per heavy atom. The highest BCUT2D eigenvalue weighted by Gasteiger charge is 2.52. The molecule has 2 heterocycles. The number of aliphatic hydroxyl groups is 2. The second kappa shape index (κ2) is 13.7. The summed E-state index contributed by atoms with van der Waals surface area (Å²) in [6, 6.07) is 19.4. The number of nitrogens with zero attached hydrogens (tertiary/aromatic N) is 4. The number of aliphatic hydroxyl groups excluding tert-OH is 1. The molecule has 0 saturated carbocycles. The Labute approximate surface area is 261 Å². The molecule has 0 aliphatic carbocycles. The van der Waals surface area contributed by atoms with Crippen LogP contribution in [0.25, 0.3) is 0 Å². The summed E-state index contributed by atoms with van der Waals surface area (Å²) in [7, 11) is 3.11. The lowest BCUT2D eigenvalue weighted by Gasteiger charge is -2.28. The number of amides is 2. The number of rotatable bonds is 13. The number of aryl methyl sites for hydroxylation is 1. The van der Waals surface area contributed by atoms with Crippen LogP contribution in [-0.2, 0) is 29.9 Å². The Balaban J connectivity index is 1.32. The van der Waals surface area contributed by atoms with Crippen LogP contribution in [0.15, 0.2) is 85.1 Å². The molecule has 4 aromatic rings. The number of benzene rings is 3. The number of anilines is 2. The van der Waals surface area contributed by atoms with Gasteiger partial charge in [0.05, 0.1) is 32.1 Å². The maximum atomic E-state index is 14.0. The van der Waals surface area contributed by atoms with E-state index in [4.69, 9.17) is 14.6 Å². The Morgan fingerprint density at radius 1 is 1.07 bits per heavy atom. The predicted octanol–water partition coefficient (Wildman–Crippen LogP) is 4.10. The van der Waals surface area contributed by atoms with Gasteiger partial charge < -0.3 is 29.9 Å². The van der Waals surface area contributed by atoms with E-state index in [1.54, 1.807) is 78.5 Å². The summed E-state index contributed by atoms with van der Waals surface area (Å²) in [6.45, 7) is 2.57. The van der Waals surface area contributed by atoms with Crippen molar-refractivity contribution in [1.29, 1.82) is 0 Å². The first-order valence-electron chi connectivity index (χ1n) is 14.7. The van der Waals surface area contributed by atoms with Crippen molar-refractivity contribution in [3.63, 3.8) is 0 Å². The third-order valence-electron chi connectivity index (χ3n) is 7.92. The van der Waals surface area contributed by atoms with Crippen LogP contribution >= 0.6 is 0 Å². The molecular weight excluding hydrogens is 574 g/mol. The Kier molecular flexibility index (Phi) is 9.60. The van der Waals surface area contributed by atoms with Crippen LogP contribution in [-0.4, -0.2) is 57.8 Å². The maximum absolute atomic E-state index is 14.0. The molecule has 0 fully saturated rings. The van der Waals surface area contributed by atoms with Crippen molar-refractivity contribution < 1.29 is 29.3 Å². The van der Waals surface area contributed by atoms with E-state index in [9.17, 15) is 14.7 Å². The molecule has 45 heavy (non-hydrogen) atoms. The zero-order valence-electron chi connectivity index (χ0n) is 25.5. The first-order valence-corrected chi connectivity index (χ1v) is 14.7. The van der Waals surface area contributed by atoms with Gasteiger partial charge in [-0.2, -0.15) is 0 Å². The van der Waals surface area contributed by atoms with Gasteiger partial charge >= 0.3 is 0 Å². The highest BCUT2D eigenvalue weighted by molar-refractivity contribution is 6.07. The summed E-state index contributed by atoms with van der Waals surface area (Å²) in [5.41, 5.74) is 1.81. The molecule has 1 aromatic heterocycles. The molecule has 11 nitrogen and oxygen atoms in total. The number of allylic oxidation sites excluding steroid dienone is 1. The van der Waals surface area contributed by atoms with Gasteiger partial charge in [-0.3, -0.25) is 14.3 Å². The summed E-state index contributed by atoms with van der Waals surface area (Å²) < 4.78 is 12.3. The van der Waals surface area contributed by atoms with E-state index in [-0.39, 0.29) is 19.1 Å². The maximum Gasteiger partial charge on any atom is 0.264 e. The Morgan fingerprint density at radius 2 is 1.82 bits per heavy atom. The largest absolute Gasteiger partial charge is 0.497 e. The predicted molar refractivity (Wildman–Crippen MR) is 169 cm³/mol. The smallest absolute Gasteiger partial charge is 0.264 e. The summed E-state index contributed by atoms with van der Waals surface area (Å²) in [6.07, 6.45) is 6.61. The van der Waals surface area contributed by atoms with E-state index in [1.807, 2.05) is 37.3 Å². The van der Waals surface area contributed by atoms with Crippen LogP contribution < -0.4 is 19.7 Å². The fourth-order valence-corrected chi connectivity index (χ4v) is 5.41. The van der Waals surface area contributed by atoms with Crippen LogP contribution in [0.1, 0.15) is 40.5 Å². The normalized spacial score (nSPS) is 16.6. The van der Waals surface area contributed by atoms with Crippen molar-refractivity contribution in [1.82, 2.24) is 15.0 Å². The van der Waals surface area contributed by atoms with Gasteiger partial charge in [-0.15, -0.1) is 5.10 Å². The average molecular weight is 612 g/mol. The SMILES string of the molecule is COc1ccc(C(=O)Nc2cccc(CN3C(=O)[C@@](O)([C@@H](C)/C=C/CCn4cc(CCO)nn4)c4cc(OC)ccc43)c2)cc1. The van der Waals surface area contributed by atoms with Gasteiger partial charge in [0.25, 0.3) is 11.8 Å². The van der Waals surface area contributed by atoms with Crippen LogP contribution in [0.5, 0.6) is 11.5 Å². The quantitative estimate of drug-likeness (QED) is 0.192. The number of fused-ring (bicyclic) bond motifs is 1. The zero-order chi connectivity index (χ0) is 32.0. The molecule has 3 N–H and O–H groups in total. The monoisotopic (exact) mass is 611 g/mol. The molecule has 234 valence electrons. The molecule has 0 radical (unpaired) electrons. The number of hydrogen-bond acceptors (Lipinski definition) is 8. The third-order valence-corrected chi connectivity index (χ3v) is 7.92. The second-order valence-corrected chi connectivity index (χ2v) is 10.9. The molecule has 0 saturated heterocycles. The van der Waals surface area contributed by atoms with Crippen molar-refractivity contribution in [3.8, 4) is 11.5 Å². The first-order chi connectivity index (χ1) is 21.8. The molecule has 0 spiro atoms. The minimum atomic E-state index is -1.82. The second-order valence-electron chi connectivity index (χ2n) is 10.9. The molecule has 2 atom stereocenters. The van der Waals surface area contributed by atoms with Gasteiger partial charge in [0, 0.05) is 48.5 Å². The number of carbonyl (C=O) groups excluding carboxylic acids is 2. The lowest BCUT2D eigenvalue weighted by atomic mass is 9.83. The van der Waals surface area contributed by atoms with Gasteiger partial charge in [0.15, 0.2) is 5.60 Å². The van der Waals surface area contributed by atoms with Crippen molar-refractivity contribution in [3.05, 3.63) is 107 Å². The van der Waals surface area contributed by atoms with Gasteiger partial charge in [-0.25, -0.2) is 0 Å². The van der Waals surface area contributed by atoms with Crippen molar-refractivity contribution in [2.24, 2.45) is 5.92 Å². The van der Waals surface area contributed by atoms with Crippen molar-refractivity contribution >= 4 is 23.2 Å².